The number of quaternary nitrogens is 1. The molecule has 1 aliphatic heterocycles. The Morgan fingerprint density at radius 3 is 2.32 bits per heavy atom. The number of esters is 1. The molecule has 1 saturated heterocycles. The van der Waals surface area contributed by atoms with Gasteiger partial charge in [-0.15, -0.1) is 0 Å². The first-order valence-electron chi connectivity index (χ1n) is 11.8. The average Bonchev–Trinajstić information content (AvgIpc) is 2.72. The first-order valence-corrected chi connectivity index (χ1v) is 12.4. The van der Waals surface area contributed by atoms with Crippen LogP contribution in [0.15, 0.2) is 0 Å². The number of nitrogens with two attached hydrogens (primary N) is 2. The van der Waals surface area contributed by atoms with Crippen LogP contribution in [-0.4, -0.2) is 72.0 Å². The number of carbonyl (C=O) groups is 2. The van der Waals surface area contributed by atoms with Gasteiger partial charge in [0, 0.05) is 24.8 Å². The van der Waals surface area contributed by atoms with Crippen molar-refractivity contribution in [1.82, 2.24) is 5.32 Å². The van der Waals surface area contributed by atoms with Gasteiger partial charge in [0.1, 0.15) is 18.2 Å². The lowest BCUT2D eigenvalue weighted by Crippen LogP contribution is -2.70. The van der Waals surface area contributed by atoms with Gasteiger partial charge in [0.15, 0.2) is 6.04 Å². The van der Waals surface area contributed by atoms with Crippen LogP contribution in [0.5, 0.6) is 0 Å². The summed E-state index contributed by atoms with van der Waals surface area (Å²) < 4.78 is 5.69. The van der Waals surface area contributed by atoms with E-state index in [1.54, 1.807) is 0 Å². The Hall–Kier alpha value is -0.670. The fourth-order valence-corrected chi connectivity index (χ4v) is 4.36. The minimum Gasteiger partial charge on any atom is -0.455 e. The summed E-state index contributed by atoms with van der Waals surface area (Å²) in [5.74, 6) is 0.513. The van der Waals surface area contributed by atoms with Gasteiger partial charge in [-0.3, -0.25) is 0 Å². The van der Waals surface area contributed by atoms with E-state index in [9.17, 15) is 9.59 Å². The number of nitrogens with one attached hydrogen (secondary N) is 1. The van der Waals surface area contributed by atoms with E-state index in [1.807, 2.05) is 34.7 Å². The molecule has 182 valence electrons. The second-order valence-corrected chi connectivity index (χ2v) is 10.6. The molecule has 7 atom stereocenters. The monoisotopic (exact) mass is 459 g/mol. The zero-order chi connectivity index (χ0) is 24.0. The van der Waals surface area contributed by atoms with E-state index in [2.05, 4.69) is 31.8 Å². The van der Waals surface area contributed by atoms with Gasteiger partial charge in [-0.1, -0.05) is 40.5 Å². The van der Waals surface area contributed by atoms with Gasteiger partial charge in [-0.2, -0.15) is 12.6 Å². The Kier molecular flexibility index (Phi) is 11.0. The number of amides is 1. The van der Waals surface area contributed by atoms with Gasteiger partial charge < -0.3 is 21.5 Å². The minimum atomic E-state index is -0.630. The molecule has 1 fully saturated rings. The van der Waals surface area contributed by atoms with Crippen LogP contribution in [0.1, 0.15) is 67.2 Å². The highest BCUT2D eigenvalue weighted by atomic mass is 32.1. The molecule has 0 aromatic heterocycles. The molecule has 0 aromatic carbocycles. The maximum atomic E-state index is 13.8. The van der Waals surface area contributed by atoms with Crippen LogP contribution in [0.2, 0.25) is 0 Å². The lowest BCUT2D eigenvalue weighted by molar-refractivity contribution is -0.855. The molecule has 1 rings (SSSR count). The molecule has 0 aliphatic carbocycles. The van der Waals surface area contributed by atoms with Gasteiger partial charge in [0.05, 0.1) is 13.1 Å². The number of cyclic esters (lactones) is 1. The maximum Gasteiger partial charge on any atom is 0.366 e. The van der Waals surface area contributed by atoms with Gasteiger partial charge in [-0.25, -0.2) is 14.1 Å². The highest BCUT2D eigenvalue weighted by molar-refractivity contribution is 7.80. The van der Waals surface area contributed by atoms with Crippen molar-refractivity contribution < 1.29 is 18.8 Å². The Morgan fingerprint density at radius 2 is 1.84 bits per heavy atom. The Balaban J connectivity index is 3.29. The third-order valence-corrected chi connectivity index (χ3v) is 7.65. The quantitative estimate of drug-likeness (QED) is 0.202. The molecule has 7 nitrogen and oxygen atoms in total. The molecule has 8 heteroatoms. The van der Waals surface area contributed by atoms with Crippen LogP contribution in [0, 0.1) is 11.8 Å². The molecular weight excluding hydrogens is 412 g/mol. The Bertz CT molecular complexity index is 603. The predicted octanol–water partition coefficient (Wildman–Crippen LogP) is 2.08. The number of likely N-dealkylation sites (N-methyl/N-ethyl adjacent to an activating group) is 1. The van der Waals surface area contributed by atoms with Crippen LogP contribution < -0.4 is 16.8 Å². The van der Waals surface area contributed by atoms with E-state index in [0.717, 1.165) is 19.3 Å². The van der Waals surface area contributed by atoms with Crippen molar-refractivity contribution in [3.05, 3.63) is 0 Å². The van der Waals surface area contributed by atoms with E-state index >= 15 is 0 Å². The maximum absolute atomic E-state index is 13.8. The number of hydrogen-bond donors (Lipinski definition) is 4. The molecule has 1 heterocycles. The predicted molar refractivity (Wildman–Crippen MR) is 130 cm³/mol. The lowest BCUT2D eigenvalue weighted by Gasteiger charge is -2.46. The summed E-state index contributed by atoms with van der Waals surface area (Å²) in [5, 5.41) is 3.55. The summed E-state index contributed by atoms with van der Waals surface area (Å²) >= 11 is 4.28. The highest BCUT2D eigenvalue weighted by Gasteiger charge is 2.52. The van der Waals surface area contributed by atoms with Gasteiger partial charge >= 0.3 is 11.9 Å². The highest BCUT2D eigenvalue weighted by Crippen LogP contribution is 2.32. The smallest absolute Gasteiger partial charge is 0.366 e. The zero-order valence-corrected chi connectivity index (χ0v) is 21.6. The number of nitrogens with zero attached hydrogens (tertiary/aromatic N) is 1. The van der Waals surface area contributed by atoms with Crippen molar-refractivity contribution in [2.24, 2.45) is 23.3 Å². The average molecular weight is 460 g/mol. The van der Waals surface area contributed by atoms with Crippen molar-refractivity contribution in [2.45, 2.75) is 97.0 Å². The summed E-state index contributed by atoms with van der Waals surface area (Å²) in [7, 11) is 1.87. The first kappa shape index (κ1) is 28.4. The molecule has 1 unspecified atom stereocenters. The first-order chi connectivity index (χ1) is 14.3. The van der Waals surface area contributed by atoms with Crippen molar-refractivity contribution in [1.29, 1.82) is 0 Å². The zero-order valence-electron chi connectivity index (χ0n) is 20.7. The minimum absolute atomic E-state index is 0.0109. The van der Waals surface area contributed by atoms with Crippen molar-refractivity contribution in [3.8, 4) is 0 Å². The molecular formula is C23H47N4O3S+. The Labute approximate surface area is 195 Å². The van der Waals surface area contributed by atoms with Gasteiger partial charge in [0.25, 0.3) is 0 Å². The molecule has 5 N–H and O–H groups in total. The fraction of sp³-hybridized carbons (Fsp3) is 0.913. The summed E-state index contributed by atoms with van der Waals surface area (Å²) in [6.07, 6.45) is 3.07. The van der Waals surface area contributed by atoms with Crippen LogP contribution >= 0.6 is 12.6 Å². The van der Waals surface area contributed by atoms with Gasteiger partial charge in [0.2, 0.25) is 0 Å². The largest absolute Gasteiger partial charge is 0.455 e. The third kappa shape index (κ3) is 7.42. The molecule has 0 spiro atoms. The lowest BCUT2D eigenvalue weighted by atomic mass is 9.89. The van der Waals surface area contributed by atoms with E-state index in [1.165, 1.54) is 0 Å². The van der Waals surface area contributed by atoms with Crippen LogP contribution in [-0.2, 0) is 14.3 Å². The van der Waals surface area contributed by atoms with E-state index < -0.39 is 17.7 Å². The number of thiol groups is 1. The number of ether oxygens (including phenoxy) is 1. The SMILES string of the molecule is CC[C@H](C)[C@H](N)C(=O)[N+](C)(C[C@@H](NC[C@@H](N)CS)[C@@H](C)CC)[C@H]1CCC(C)(C)OC1=O. The van der Waals surface area contributed by atoms with Crippen molar-refractivity contribution in [2.75, 3.05) is 25.9 Å². The molecule has 0 saturated carbocycles. The van der Waals surface area contributed by atoms with Crippen molar-refractivity contribution in [3.63, 3.8) is 0 Å². The summed E-state index contributed by atoms with van der Waals surface area (Å²) in [5.41, 5.74) is 12.0. The molecule has 0 aromatic rings. The number of hydrogen-bond acceptors (Lipinski definition) is 7. The second kappa shape index (κ2) is 12.0. The van der Waals surface area contributed by atoms with E-state index in [4.69, 9.17) is 16.2 Å². The third-order valence-electron chi connectivity index (χ3n) is 7.19. The molecule has 0 bridgehead atoms. The van der Waals surface area contributed by atoms with Crippen LogP contribution in [0.4, 0.5) is 0 Å². The normalized spacial score (nSPS) is 25.6. The standard InChI is InChI=1S/C23H46N4O3S/c1-8-15(3)18(26-12-17(24)14-31)13-27(7,21(28)20(25)16(4)9-2)19-10-11-23(5,6)30-22(19)29/h15-20,26H,8-14,24-25H2,1-7H3/p+1/t15-,16-,17+,18+,19-,20-,27?/m0/s1. The summed E-state index contributed by atoms with van der Waals surface area (Å²) in [6.45, 7) is 13.2. The second-order valence-electron chi connectivity index (χ2n) is 10.3. The molecule has 1 amide bonds. The molecule has 1 aliphatic rings. The summed E-state index contributed by atoms with van der Waals surface area (Å²) in [4.78, 5) is 26.9. The Morgan fingerprint density at radius 1 is 1.26 bits per heavy atom. The van der Waals surface area contributed by atoms with E-state index in [-0.39, 0.29) is 34.4 Å². The van der Waals surface area contributed by atoms with Crippen molar-refractivity contribution >= 4 is 24.5 Å². The van der Waals surface area contributed by atoms with Crippen LogP contribution in [0.3, 0.4) is 0 Å². The molecule has 0 radical (unpaired) electrons. The van der Waals surface area contributed by atoms with Gasteiger partial charge in [-0.05, 0) is 32.1 Å². The number of rotatable bonds is 12. The molecule has 31 heavy (non-hydrogen) atoms. The number of carbonyl (C=O) groups excluding carboxylic acids is 2. The van der Waals surface area contributed by atoms with Crippen LogP contribution in [0.25, 0.3) is 0 Å². The summed E-state index contributed by atoms with van der Waals surface area (Å²) in [6, 6.07) is -1.25. The fourth-order valence-electron chi connectivity index (χ4n) is 4.23. The topological polar surface area (TPSA) is 107 Å². The van der Waals surface area contributed by atoms with E-state index in [0.29, 0.717) is 31.2 Å².